The number of para-hydroxylation sites is 1. The van der Waals surface area contributed by atoms with E-state index in [0.29, 0.717) is 5.92 Å². The van der Waals surface area contributed by atoms with E-state index in [9.17, 15) is 4.79 Å². The second-order valence-electron chi connectivity index (χ2n) is 6.41. The molecule has 0 bridgehead atoms. The van der Waals surface area contributed by atoms with E-state index in [1.807, 2.05) is 29.2 Å². The molecular weight excluding hydrogens is 300 g/mol. The molecule has 1 saturated heterocycles. The molecule has 1 aliphatic heterocycles. The summed E-state index contributed by atoms with van der Waals surface area (Å²) in [5.74, 6) is 0.629. The number of aromatic nitrogens is 3. The lowest BCUT2D eigenvalue weighted by Crippen LogP contribution is -2.38. The van der Waals surface area contributed by atoms with Crippen molar-refractivity contribution in [1.82, 2.24) is 19.7 Å². The smallest absolute Gasteiger partial charge is 0.270 e. The summed E-state index contributed by atoms with van der Waals surface area (Å²) in [4.78, 5) is 15.0. The van der Waals surface area contributed by atoms with Crippen LogP contribution in [0.3, 0.4) is 0 Å². The highest BCUT2D eigenvalue weighted by Crippen LogP contribution is 2.28. The molecule has 24 heavy (non-hydrogen) atoms. The summed E-state index contributed by atoms with van der Waals surface area (Å²) >= 11 is 0. The van der Waals surface area contributed by atoms with E-state index in [1.165, 1.54) is 5.69 Å². The number of hydrogen-bond donors (Lipinski definition) is 1. The molecule has 1 aromatic carbocycles. The Morgan fingerprint density at radius 1 is 1.25 bits per heavy atom. The van der Waals surface area contributed by atoms with Gasteiger partial charge >= 0.3 is 0 Å². The van der Waals surface area contributed by atoms with E-state index in [-0.39, 0.29) is 5.91 Å². The van der Waals surface area contributed by atoms with E-state index >= 15 is 0 Å². The lowest BCUT2D eigenvalue weighted by Gasteiger charge is -2.31. The number of piperidine rings is 1. The largest absolute Gasteiger partial charge is 0.337 e. The summed E-state index contributed by atoms with van der Waals surface area (Å²) in [6.45, 7) is 4.49. The zero-order valence-corrected chi connectivity index (χ0v) is 13.9. The fourth-order valence-electron chi connectivity index (χ4n) is 3.78. The molecule has 2 aromatic heterocycles. The van der Waals surface area contributed by atoms with Crippen molar-refractivity contribution in [3.63, 3.8) is 0 Å². The molecule has 1 N–H and O–H groups in total. The first-order chi connectivity index (χ1) is 11.8. The van der Waals surface area contributed by atoms with Crippen LogP contribution in [0, 0.1) is 0 Å². The Kier molecular flexibility index (Phi) is 3.84. The third-order valence-corrected chi connectivity index (χ3v) is 5.09. The molecular formula is C19H22N4O. The van der Waals surface area contributed by atoms with Crippen LogP contribution in [0.4, 0.5) is 0 Å². The molecule has 3 heterocycles. The fourth-order valence-corrected chi connectivity index (χ4v) is 3.78. The number of aryl methyl sites for hydroxylation is 1. The Morgan fingerprint density at radius 2 is 2.04 bits per heavy atom. The lowest BCUT2D eigenvalue weighted by molar-refractivity contribution is 0.0702. The highest BCUT2D eigenvalue weighted by atomic mass is 16.2. The molecule has 1 aliphatic rings. The van der Waals surface area contributed by atoms with Gasteiger partial charge in [-0.3, -0.25) is 9.89 Å². The van der Waals surface area contributed by atoms with Gasteiger partial charge in [-0.05, 0) is 38.0 Å². The van der Waals surface area contributed by atoms with Crippen LogP contribution in [-0.2, 0) is 6.54 Å². The number of rotatable bonds is 3. The van der Waals surface area contributed by atoms with Crippen molar-refractivity contribution in [2.24, 2.45) is 0 Å². The monoisotopic (exact) mass is 322 g/mol. The summed E-state index contributed by atoms with van der Waals surface area (Å²) in [6.07, 6.45) is 3.77. The number of aromatic amines is 1. The maximum Gasteiger partial charge on any atom is 0.270 e. The van der Waals surface area contributed by atoms with Crippen molar-refractivity contribution in [2.75, 3.05) is 13.1 Å². The summed E-state index contributed by atoms with van der Waals surface area (Å²) in [5, 5.41) is 8.23. The third-order valence-electron chi connectivity index (χ3n) is 5.09. The molecule has 4 rings (SSSR count). The van der Waals surface area contributed by atoms with Crippen LogP contribution in [0.25, 0.3) is 10.9 Å². The SMILES string of the molecule is CCn1c(C(=O)N2CCC(c3ccn[nH]3)CC2)cc2ccccc21. The van der Waals surface area contributed by atoms with Crippen molar-refractivity contribution in [1.29, 1.82) is 0 Å². The summed E-state index contributed by atoms with van der Waals surface area (Å²) in [6, 6.07) is 12.3. The standard InChI is InChI=1S/C19H22N4O/c1-2-23-17-6-4-3-5-15(17)13-18(23)19(24)22-11-8-14(9-12-22)16-7-10-20-21-16/h3-7,10,13-14H,2,8-9,11-12H2,1H3,(H,20,21). The summed E-state index contributed by atoms with van der Waals surface area (Å²) in [5.41, 5.74) is 3.12. The van der Waals surface area contributed by atoms with Gasteiger partial charge in [0.05, 0.1) is 0 Å². The molecule has 1 amide bonds. The second kappa shape index (κ2) is 6.15. The van der Waals surface area contributed by atoms with Gasteiger partial charge in [0, 0.05) is 48.3 Å². The first kappa shape index (κ1) is 15.0. The average Bonchev–Trinajstić information content (AvgIpc) is 3.28. The van der Waals surface area contributed by atoms with Gasteiger partial charge in [-0.15, -0.1) is 0 Å². The molecule has 5 heteroatoms. The number of amides is 1. The van der Waals surface area contributed by atoms with Gasteiger partial charge in [-0.25, -0.2) is 0 Å². The van der Waals surface area contributed by atoms with E-state index in [1.54, 1.807) is 6.20 Å². The number of likely N-dealkylation sites (tertiary alicyclic amines) is 1. The van der Waals surface area contributed by atoms with Crippen LogP contribution in [0.15, 0.2) is 42.6 Å². The molecule has 5 nitrogen and oxygen atoms in total. The van der Waals surface area contributed by atoms with Crippen molar-refractivity contribution in [3.8, 4) is 0 Å². The number of carbonyl (C=O) groups is 1. The fraction of sp³-hybridized carbons (Fsp3) is 0.368. The molecule has 0 saturated carbocycles. The highest BCUT2D eigenvalue weighted by Gasteiger charge is 2.27. The Morgan fingerprint density at radius 3 is 2.75 bits per heavy atom. The number of fused-ring (bicyclic) bond motifs is 1. The molecule has 0 aliphatic carbocycles. The first-order valence-corrected chi connectivity index (χ1v) is 8.64. The number of nitrogens with zero attached hydrogens (tertiary/aromatic N) is 3. The second-order valence-corrected chi connectivity index (χ2v) is 6.41. The summed E-state index contributed by atoms with van der Waals surface area (Å²) in [7, 11) is 0. The normalized spacial score (nSPS) is 16.0. The molecule has 3 aromatic rings. The molecule has 0 unspecified atom stereocenters. The van der Waals surface area contributed by atoms with Crippen molar-refractivity contribution < 1.29 is 4.79 Å². The van der Waals surface area contributed by atoms with Crippen LogP contribution in [0.1, 0.15) is 41.9 Å². The number of nitrogens with one attached hydrogen (secondary N) is 1. The van der Waals surface area contributed by atoms with Gasteiger partial charge in [-0.1, -0.05) is 18.2 Å². The predicted octanol–water partition coefficient (Wildman–Crippen LogP) is 3.40. The number of carbonyl (C=O) groups excluding carboxylic acids is 1. The number of H-pyrrole nitrogens is 1. The molecule has 0 atom stereocenters. The maximum atomic E-state index is 13.0. The van der Waals surface area contributed by atoms with Gasteiger partial charge in [0.15, 0.2) is 0 Å². The van der Waals surface area contributed by atoms with Gasteiger partial charge in [0.1, 0.15) is 5.69 Å². The van der Waals surface area contributed by atoms with E-state index in [4.69, 9.17) is 0 Å². The van der Waals surface area contributed by atoms with Gasteiger partial charge in [-0.2, -0.15) is 5.10 Å². The third kappa shape index (κ3) is 2.50. The van der Waals surface area contributed by atoms with Crippen LogP contribution in [-0.4, -0.2) is 38.7 Å². The van der Waals surface area contributed by atoms with Crippen molar-refractivity contribution >= 4 is 16.8 Å². The number of benzene rings is 1. The minimum absolute atomic E-state index is 0.149. The Labute approximate surface area is 141 Å². The molecule has 1 fully saturated rings. The molecule has 124 valence electrons. The van der Waals surface area contributed by atoms with Gasteiger partial charge in [0.25, 0.3) is 5.91 Å². The van der Waals surface area contributed by atoms with E-state index in [2.05, 4.69) is 33.8 Å². The zero-order chi connectivity index (χ0) is 16.5. The average molecular weight is 322 g/mol. The molecule has 0 spiro atoms. The van der Waals surface area contributed by atoms with Crippen molar-refractivity contribution in [3.05, 3.63) is 54.0 Å². The van der Waals surface area contributed by atoms with Crippen LogP contribution < -0.4 is 0 Å². The predicted molar refractivity (Wildman–Crippen MR) is 94.1 cm³/mol. The first-order valence-electron chi connectivity index (χ1n) is 8.64. The topological polar surface area (TPSA) is 53.9 Å². The van der Waals surface area contributed by atoms with Crippen molar-refractivity contribution in [2.45, 2.75) is 32.2 Å². The lowest BCUT2D eigenvalue weighted by atomic mass is 9.93. The van der Waals surface area contributed by atoms with E-state index in [0.717, 1.165) is 49.1 Å². The zero-order valence-electron chi connectivity index (χ0n) is 13.9. The minimum atomic E-state index is 0.149. The summed E-state index contributed by atoms with van der Waals surface area (Å²) < 4.78 is 2.12. The van der Waals surface area contributed by atoms with Crippen LogP contribution >= 0.6 is 0 Å². The van der Waals surface area contributed by atoms with Gasteiger partial charge in [0.2, 0.25) is 0 Å². The van der Waals surface area contributed by atoms with Crippen LogP contribution in [0.5, 0.6) is 0 Å². The highest BCUT2D eigenvalue weighted by molar-refractivity contribution is 5.98. The quantitative estimate of drug-likeness (QED) is 0.803. The minimum Gasteiger partial charge on any atom is -0.337 e. The Balaban J connectivity index is 1.54. The number of hydrogen-bond acceptors (Lipinski definition) is 2. The maximum absolute atomic E-state index is 13.0. The molecule has 0 radical (unpaired) electrons. The Hall–Kier alpha value is -2.56. The van der Waals surface area contributed by atoms with E-state index < -0.39 is 0 Å². The van der Waals surface area contributed by atoms with Crippen LogP contribution in [0.2, 0.25) is 0 Å². The Bertz CT molecular complexity index is 842. The van der Waals surface area contributed by atoms with Gasteiger partial charge < -0.3 is 9.47 Å².